The smallest absolute Gasteiger partial charge is 0.189 e. The van der Waals surface area contributed by atoms with Crippen molar-refractivity contribution in [2.45, 2.75) is 25.8 Å². The molecular formula is C19H23N3O. The van der Waals surface area contributed by atoms with Crippen molar-refractivity contribution in [2.75, 3.05) is 13.2 Å². The highest BCUT2D eigenvalue weighted by atomic mass is 16.5. The number of nitrogens with two attached hydrogens (primary N) is 1. The first-order valence-electron chi connectivity index (χ1n) is 8.06. The molecule has 3 N–H and O–H groups in total. The van der Waals surface area contributed by atoms with Crippen molar-refractivity contribution in [3.8, 4) is 5.75 Å². The van der Waals surface area contributed by atoms with Crippen LogP contribution in [-0.4, -0.2) is 19.1 Å². The number of nitrogens with one attached hydrogen (secondary N) is 1. The van der Waals surface area contributed by atoms with E-state index < -0.39 is 0 Å². The van der Waals surface area contributed by atoms with Crippen molar-refractivity contribution in [3.63, 3.8) is 0 Å². The molecule has 4 heteroatoms. The molecule has 0 aromatic heterocycles. The third-order valence-corrected chi connectivity index (χ3v) is 4.08. The lowest BCUT2D eigenvalue weighted by Crippen LogP contribution is -2.37. The summed E-state index contributed by atoms with van der Waals surface area (Å²) >= 11 is 0. The number of nitrogens with zero attached hydrogens (tertiary/aromatic N) is 1. The number of ether oxygens (including phenoxy) is 1. The maximum absolute atomic E-state index is 6.05. The Morgan fingerprint density at radius 2 is 2.00 bits per heavy atom. The Balaban J connectivity index is 1.57. The summed E-state index contributed by atoms with van der Waals surface area (Å²) in [5.41, 5.74) is 9.75. The summed E-state index contributed by atoms with van der Waals surface area (Å²) in [5.74, 6) is 1.43. The summed E-state index contributed by atoms with van der Waals surface area (Å²) in [7, 11) is 0. The maximum Gasteiger partial charge on any atom is 0.189 e. The van der Waals surface area contributed by atoms with Gasteiger partial charge in [-0.1, -0.05) is 48.0 Å². The Labute approximate surface area is 137 Å². The predicted molar refractivity (Wildman–Crippen MR) is 93.8 cm³/mol. The van der Waals surface area contributed by atoms with Gasteiger partial charge >= 0.3 is 0 Å². The molecule has 0 aliphatic carbocycles. The first-order chi connectivity index (χ1) is 11.2. The number of aryl methyl sites for hydroxylation is 1. The molecule has 1 heterocycles. The van der Waals surface area contributed by atoms with Crippen LogP contribution in [0.25, 0.3) is 0 Å². The first-order valence-corrected chi connectivity index (χ1v) is 8.06. The van der Waals surface area contributed by atoms with Crippen molar-refractivity contribution in [3.05, 3.63) is 65.2 Å². The molecule has 1 unspecified atom stereocenters. The fourth-order valence-electron chi connectivity index (χ4n) is 2.78. The van der Waals surface area contributed by atoms with E-state index in [1.54, 1.807) is 0 Å². The van der Waals surface area contributed by atoms with E-state index in [0.717, 1.165) is 24.2 Å². The van der Waals surface area contributed by atoms with Gasteiger partial charge in [-0.25, -0.2) is 0 Å². The van der Waals surface area contributed by atoms with Crippen LogP contribution in [0.2, 0.25) is 0 Å². The second kappa shape index (κ2) is 7.18. The minimum Gasteiger partial charge on any atom is -0.493 e. The standard InChI is InChI=1S/C19H23N3O/c1-14-6-8-15(9-7-14)10-12-21-19(20)22-17-11-13-23-18-5-3-2-4-16(17)18/h2-9,17H,10-13H2,1H3,(H3,20,21,22). The number of para-hydroxylation sites is 1. The van der Waals surface area contributed by atoms with Crippen molar-refractivity contribution in [1.82, 2.24) is 5.32 Å². The average molecular weight is 309 g/mol. The predicted octanol–water partition coefficient (Wildman–Crippen LogP) is 2.97. The lowest BCUT2D eigenvalue weighted by atomic mass is 10.0. The third kappa shape index (κ3) is 4.03. The molecule has 4 nitrogen and oxygen atoms in total. The molecule has 0 radical (unpaired) electrons. The van der Waals surface area contributed by atoms with Gasteiger partial charge < -0.3 is 15.8 Å². The van der Waals surface area contributed by atoms with E-state index in [0.29, 0.717) is 19.1 Å². The number of rotatable bonds is 4. The van der Waals surface area contributed by atoms with Crippen LogP contribution in [-0.2, 0) is 6.42 Å². The maximum atomic E-state index is 6.05. The molecule has 3 rings (SSSR count). The Morgan fingerprint density at radius 1 is 1.22 bits per heavy atom. The molecule has 2 aromatic rings. The van der Waals surface area contributed by atoms with Crippen LogP contribution in [0.1, 0.15) is 29.2 Å². The van der Waals surface area contributed by atoms with Gasteiger partial charge in [-0.05, 0) is 25.0 Å². The van der Waals surface area contributed by atoms with Gasteiger partial charge in [0.05, 0.1) is 12.6 Å². The molecule has 0 bridgehead atoms. The SMILES string of the molecule is Cc1ccc(CCN=C(N)NC2CCOc3ccccc32)cc1. The van der Waals surface area contributed by atoms with Gasteiger partial charge in [0.25, 0.3) is 0 Å². The highest BCUT2D eigenvalue weighted by molar-refractivity contribution is 5.78. The van der Waals surface area contributed by atoms with Crippen molar-refractivity contribution in [2.24, 2.45) is 10.7 Å². The van der Waals surface area contributed by atoms with Gasteiger partial charge in [-0.3, -0.25) is 4.99 Å². The zero-order valence-electron chi connectivity index (χ0n) is 13.5. The fraction of sp³-hybridized carbons (Fsp3) is 0.316. The largest absolute Gasteiger partial charge is 0.493 e. The molecule has 0 amide bonds. The van der Waals surface area contributed by atoms with Gasteiger partial charge in [-0.2, -0.15) is 0 Å². The van der Waals surface area contributed by atoms with E-state index >= 15 is 0 Å². The summed E-state index contributed by atoms with van der Waals surface area (Å²) in [6, 6.07) is 16.8. The number of aliphatic imine (C=N–C) groups is 1. The number of benzene rings is 2. The molecule has 1 aliphatic heterocycles. The van der Waals surface area contributed by atoms with Crippen LogP contribution in [0.3, 0.4) is 0 Å². The zero-order chi connectivity index (χ0) is 16.1. The summed E-state index contributed by atoms with van der Waals surface area (Å²) < 4.78 is 5.66. The van der Waals surface area contributed by atoms with Crippen LogP contribution in [0.4, 0.5) is 0 Å². The number of guanidine groups is 1. The summed E-state index contributed by atoms with van der Waals surface area (Å²) in [4.78, 5) is 4.45. The number of hydrogen-bond acceptors (Lipinski definition) is 2. The molecule has 0 saturated heterocycles. The molecular weight excluding hydrogens is 286 g/mol. The Bertz CT molecular complexity index is 679. The van der Waals surface area contributed by atoms with E-state index in [4.69, 9.17) is 10.5 Å². The van der Waals surface area contributed by atoms with E-state index in [1.165, 1.54) is 11.1 Å². The van der Waals surface area contributed by atoms with Crippen LogP contribution < -0.4 is 15.8 Å². The third-order valence-electron chi connectivity index (χ3n) is 4.08. The second-order valence-corrected chi connectivity index (χ2v) is 5.87. The van der Waals surface area contributed by atoms with E-state index in [1.807, 2.05) is 18.2 Å². The minimum atomic E-state index is 0.170. The van der Waals surface area contributed by atoms with Gasteiger partial charge in [0.1, 0.15) is 5.75 Å². The first kappa shape index (κ1) is 15.4. The molecule has 1 atom stereocenters. The Morgan fingerprint density at radius 3 is 2.83 bits per heavy atom. The Hall–Kier alpha value is -2.49. The lowest BCUT2D eigenvalue weighted by molar-refractivity contribution is 0.262. The lowest BCUT2D eigenvalue weighted by Gasteiger charge is -2.26. The molecule has 2 aromatic carbocycles. The summed E-state index contributed by atoms with van der Waals surface area (Å²) in [6.45, 7) is 3.48. The monoisotopic (exact) mass is 309 g/mol. The van der Waals surface area contributed by atoms with E-state index in [9.17, 15) is 0 Å². The quantitative estimate of drug-likeness (QED) is 0.674. The highest BCUT2D eigenvalue weighted by Crippen LogP contribution is 2.31. The van der Waals surface area contributed by atoms with Crippen LogP contribution >= 0.6 is 0 Å². The van der Waals surface area contributed by atoms with Crippen LogP contribution in [0.5, 0.6) is 5.75 Å². The zero-order valence-corrected chi connectivity index (χ0v) is 13.5. The number of hydrogen-bond donors (Lipinski definition) is 2. The molecule has 120 valence electrons. The molecule has 0 saturated carbocycles. The van der Waals surface area contributed by atoms with Crippen LogP contribution in [0, 0.1) is 6.92 Å². The summed E-state index contributed by atoms with van der Waals surface area (Å²) in [6.07, 6.45) is 1.79. The topological polar surface area (TPSA) is 59.6 Å². The normalized spacial score (nSPS) is 17.3. The van der Waals surface area contributed by atoms with Gasteiger partial charge in [0.15, 0.2) is 5.96 Å². The van der Waals surface area contributed by atoms with Crippen molar-refractivity contribution in [1.29, 1.82) is 0 Å². The second-order valence-electron chi connectivity index (χ2n) is 5.87. The fourth-order valence-corrected chi connectivity index (χ4v) is 2.78. The molecule has 1 aliphatic rings. The van der Waals surface area contributed by atoms with Crippen molar-refractivity contribution >= 4 is 5.96 Å². The Kier molecular flexibility index (Phi) is 4.81. The average Bonchev–Trinajstić information content (AvgIpc) is 2.57. The number of fused-ring (bicyclic) bond motifs is 1. The molecule has 23 heavy (non-hydrogen) atoms. The highest BCUT2D eigenvalue weighted by Gasteiger charge is 2.21. The molecule has 0 fully saturated rings. The minimum absolute atomic E-state index is 0.170. The van der Waals surface area contributed by atoms with Gasteiger partial charge in [0.2, 0.25) is 0 Å². The van der Waals surface area contributed by atoms with Gasteiger partial charge in [-0.15, -0.1) is 0 Å². The van der Waals surface area contributed by atoms with E-state index in [2.05, 4.69) is 47.6 Å². The van der Waals surface area contributed by atoms with E-state index in [-0.39, 0.29) is 6.04 Å². The van der Waals surface area contributed by atoms with Crippen LogP contribution in [0.15, 0.2) is 53.5 Å². The van der Waals surface area contributed by atoms with Gasteiger partial charge in [0, 0.05) is 18.5 Å². The van der Waals surface area contributed by atoms with Crippen molar-refractivity contribution < 1.29 is 4.74 Å². The summed E-state index contributed by atoms with van der Waals surface area (Å²) in [5, 5.41) is 3.32. The molecule has 0 spiro atoms.